The second-order valence-corrected chi connectivity index (χ2v) is 5.05. The number of esters is 1. The highest BCUT2D eigenvalue weighted by molar-refractivity contribution is 9.10. The lowest BCUT2D eigenvalue weighted by Crippen LogP contribution is -2.24. The summed E-state index contributed by atoms with van der Waals surface area (Å²) in [5.41, 5.74) is 0.678. The van der Waals surface area contributed by atoms with Crippen LogP contribution >= 0.6 is 15.9 Å². The van der Waals surface area contributed by atoms with Crippen molar-refractivity contribution >= 4 is 27.7 Å². The molecule has 4 nitrogen and oxygen atoms in total. The van der Waals surface area contributed by atoms with E-state index < -0.39 is 12.1 Å². The molecule has 0 aliphatic rings. The van der Waals surface area contributed by atoms with Crippen LogP contribution in [0.5, 0.6) is 0 Å². The Morgan fingerprint density at radius 1 is 1.15 bits per heavy atom. The molecule has 0 saturated heterocycles. The zero-order valence-electron chi connectivity index (χ0n) is 10.7. The van der Waals surface area contributed by atoms with Gasteiger partial charge in [0.25, 0.3) is 0 Å². The van der Waals surface area contributed by atoms with Gasteiger partial charge in [-0.25, -0.2) is 9.78 Å². The molecule has 0 radical (unpaired) electrons. The molecule has 0 saturated carbocycles. The molecule has 0 bridgehead atoms. The number of ketones is 1. The fraction of sp³-hybridized carbons (Fsp3) is 0.133. The summed E-state index contributed by atoms with van der Waals surface area (Å²) in [6.45, 7) is 1.55. The molecule has 5 heteroatoms. The highest BCUT2D eigenvalue weighted by Gasteiger charge is 2.20. The van der Waals surface area contributed by atoms with Gasteiger partial charge >= 0.3 is 5.97 Å². The average molecular weight is 334 g/mol. The second-order valence-electron chi connectivity index (χ2n) is 4.13. The van der Waals surface area contributed by atoms with Gasteiger partial charge in [0.1, 0.15) is 5.69 Å². The van der Waals surface area contributed by atoms with Crippen LogP contribution in [0, 0.1) is 0 Å². The molecule has 102 valence electrons. The van der Waals surface area contributed by atoms with Crippen molar-refractivity contribution in [2.24, 2.45) is 0 Å². The number of Topliss-reactive ketones (excluding diaryl/α,β-unsaturated/α-hetero) is 1. The van der Waals surface area contributed by atoms with Gasteiger partial charge in [0.05, 0.1) is 0 Å². The minimum atomic E-state index is -0.856. The Labute approximate surface area is 124 Å². The number of carbonyl (C=O) groups is 2. The zero-order valence-corrected chi connectivity index (χ0v) is 12.3. The minimum absolute atomic E-state index is 0.183. The average Bonchev–Trinajstić information content (AvgIpc) is 2.48. The van der Waals surface area contributed by atoms with E-state index in [1.807, 2.05) is 0 Å². The van der Waals surface area contributed by atoms with Crippen LogP contribution < -0.4 is 0 Å². The number of benzene rings is 1. The lowest BCUT2D eigenvalue weighted by atomic mass is 10.1. The van der Waals surface area contributed by atoms with Gasteiger partial charge in [-0.05, 0) is 31.2 Å². The van der Waals surface area contributed by atoms with Crippen molar-refractivity contribution in [3.63, 3.8) is 0 Å². The molecule has 2 rings (SSSR count). The molecule has 1 aromatic carbocycles. The first kappa shape index (κ1) is 14.4. The van der Waals surface area contributed by atoms with Crippen molar-refractivity contribution in [1.82, 2.24) is 4.98 Å². The van der Waals surface area contributed by atoms with Gasteiger partial charge in [-0.15, -0.1) is 0 Å². The molecule has 0 aliphatic carbocycles. The number of aromatic nitrogens is 1. The number of hydrogen-bond donors (Lipinski definition) is 0. The third-order valence-electron chi connectivity index (χ3n) is 2.66. The van der Waals surface area contributed by atoms with Gasteiger partial charge in [-0.1, -0.05) is 34.1 Å². The van der Waals surface area contributed by atoms with Gasteiger partial charge < -0.3 is 4.74 Å². The predicted octanol–water partition coefficient (Wildman–Crippen LogP) is 3.27. The third kappa shape index (κ3) is 3.51. The Morgan fingerprint density at radius 3 is 2.45 bits per heavy atom. The monoisotopic (exact) mass is 333 g/mol. The number of carbonyl (C=O) groups excluding carboxylic acids is 2. The van der Waals surface area contributed by atoms with Crippen LogP contribution in [0.25, 0.3) is 0 Å². The number of pyridine rings is 1. The minimum Gasteiger partial charge on any atom is -0.450 e. The van der Waals surface area contributed by atoms with Crippen LogP contribution in [0.4, 0.5) is 0 Å². The summed E-state index contributed by atoms with van der Waals surface area (Å²) in [5, 5.41) is 0. The lowest BCUT2D eigenvalue weighted by molar-refractivity contribution is 0.0313. The molecule has 0 fully saturated rings. The topological polar surface area (TPSA) is 56.3 Å². The molecule has 0 N–H and O–H groups in total. The number of rotatable bonds is 4. The molecule has 0 aliphatic heterocycles. The van der Waals surface area contributed by atoms with E-state index in [0.29, 0.717) is 5.56 Å². The summed E-state index contributed by atoms with van der Waals surface area (Å²) in [5.74, 6) is -0.856. The van der Waals surface area contributed by atoms with Crippen molar-refractivity contribution < 1.29 is 14.3 Å². The van der Waals surface area contributed by atoms with Crippen molar-refractivity contribution in [3.05, 3.63) is 64.4 Å². The fourth-order valence-electron chi connectivity index (χ4n) is 1.61. The maximum Gasteiger partial charge on any atom is 0.357 e. The van der Waals surface area contributed by atoms with Gasteiger partial charge in [0.15, 0.2) is 6.10 Å². The molecule has 1 atom stereocenters. The Kier molecular flexibility index (Phi) is 4.63. The van der Waals surface area contributed by atoms with E-state index >= 15 is 0 Å². The largest absolute Gasteiger partial charge is 0.450 e. The van der Waals surface area contributed by atoms with Crippen LogP contribution in [0.2, 0.25) is 0 Å². The van der Waals surface area contributed by atoms with E-state index in [2.05, 4.69) is 20.9 Å². The maximum atomic E-state index is 12.1. The van der Waals surface area contributed by atoms with Crippen LogP contribution in [0.15, 0.2) is 53.1 Å². The van der Waals surface area contributed by atoms with Crippen molar-refractivity contribution in [3.8, 4) is 0 Å². The molecular formula is C15H12BrNO3. The van der Waals surface area contributed by atoms with E-state index in [1.165, 1.54) is 6.20 Å². The zero-order chi connectivity index (χ0) is 14.5. The maximum absolute atomic E-state index is 12.1. The lowest BCUT2D eigenvalue weighted by Gasteiger charge is -2.12. The summed E-state index contributed by atoms with van der Waals surface area (Å²) in [4.78, 5) is 27.8. The number of halogens is 1. The van der Waals surface area contributed by atoms with E-state index in [4.69, 9.17) is 4.74 Å². The molecule has 20 heavy (non-hydrogen) atoms. The van der Waals surface area contributed by atoms with Crippen LogP contribution in [-0.4, -0.2) is 22.8 Å². The molecule has 1 aromatic heterocycles. The summed E-state index contributed by atoms with van der Waals surface area (Å²) in [7, 11) is 0. The van der Waals surface area contributed by atoms with Crippen molar-refractivity contribution in [2.75, 3.05) is 0 Å². The quantitative estimate of drug-likeness (QED) is 0.636. The molecule has 1 heterocycles. The van der Waals surface area contributed by atoms with Gasteiger partial charge in [0.2, 0.25) is 5.78 Å². The number of nitrogens with zero attached hydrogens (tertiary/aromatic N) is 1. The number of hydrogen-bond acceptors (Lipinski definition) is 4. The Balaban J connectivity index is 2.05. The van der Waals surface area contributed by atoms with Gasteiger partial charge in [0, 0.05) is 16.2 Å². The smallest absolute Gasteiger partial charge is 0.357 e. The molecule has 0 spiro atoms. The standard InChI is InChI=1S/C15H12BrNO3/c1-10(14(18)11-5-7-12(16)8-6-11)20-15(19)13-4-2-3-9-17-13/h2-10H,1H3/t10-/m0/s1. The fourth-order valence-corrected chi connectivity index (χ4v) is 1.87. The van der Waals surface area contributed by atoms with Crippen molar-refractivity contribution in [2.45, 2.75) is 13.0 Å². The van der Waals surface area contributed by atoms with Crippen LogP contribution in [0.3, 0.4) is 0 Å². The first-order valence-corrected chi connectivity index (χ1v) is 6.79. The molecular weight excluding hydrogens is 322 g/mol. The first-order chi connectivity index (χ1) is 9.58. The van der Waals surface area contributed by atoms with Crippen LogP contribution in [-0.2, 0) is 4.74 Å². The van der Waals surface area contributed by atoms with E-state index in [9.17, 15) is 9.59 Å². The van der Waals surface area contributed by atoms with E-state index in [0.717, 1.165) is 4.47 Å². The van der Waals surface area contributed by atoms with Gasteiger partial charge in [-0.3, -0.25) is 4.79 Å². The Morgan fingerprint density at radius 2 is 1.85 bits per heavy atom. The highest BCUT2D eigenvalue weighted by atomic mass is 79.9. The summed E-state index contributed by atoms with van der Waals surface area (Å²) in [6.07, 6.45) is 0.642. The summed E-state index contributed by atoms with van der Waals surface area (Å²) < 4.78 is 6.00. The van der Waals surface area contributed by atoms with Crippen LogP contribution in [0.1, 0.15) is 27.8 Å². The van der Waals surface area contributed by atoms with E-state index in [1.54, 1.807) is 49.4 Å². The predicted molar refractivity (Wildman–Crippen MR) is 77.6 cm³/mol. The summed E-state index contributed by atoms with van der Waals surface area (Å²) in [6, 6.07) is 11.8. The molecule has 2 aromatic rings. The SMILES string of the molecule is C[C@H](OC(=O)c1ccccn1)C(=O)c1ccc(Br)cc1. The normalized spacial score (nSPS) is 11.7. The third-order valence-corrected chi connectivity index (χ3v) is 3.18. The molecule has 0 amide bonds. The number of ether oxygens (including phenoxy) is 1. The highest BCUT2D eigenvalue weighted by Crippen LogP contribution is 2.13. The first-order valence-electron chi connectivity index (χ1n) is 5.99. The van der Waals surface area contributed by atoms with Crippen molar-refractivity contribution in [1.29, 1.82) is 0 Å². The second kappa shape index (κ2) is 6.43. The molecule has 0 unspecified atom stereocenters. The summed E-state index contributed by atoms with van der Waals surface area (Å²) >= 11 is 3.30. The Bertz CT molecular complexity index is 611. The van der Waals surface area contributed by atoms with Gasteiger partial charge in [-0.2, -0.15) is 0 Å². The Hall–Kier alpha value is -2.01. The van der Waals surface area contributed by atoms with E-state index in [-0.39, 0.29) is 11.5 Å².